The highest BCUT2D eigenvalue weighted by Gasteiger charge is 2.36. The molecule has 0 spiro atoms. The monoisotopic (exact) mass is 295 g/mol. The summed E-state index contributed by atoms with van der Waals surface area (Å²) in [5.41, 5.74) is 3.50. The molecule has 0 amide bonds. The number of ether oxygens (including phenoxy) is 1. The summed E-state index contributed by atoms with van der Waals surface area (Å²) in [5, 5.41) is 3.00. The molecule has 0 aromatic heterocycles. The van der Waals surface area contributed by atoms with Crippen LogP contribution in [-0.2, 0) is 9.53 Å². The van der Waals surface area contributed by atoms with Crippen molar-refractivity contribution in [2.24, 2.45) is 0 Å². The molecule has 114 valence electrons. The molecule has 3 rings (SSSR count). The lowest BCUT2D eigenvalue weighted by molar-refractivity contribution is -0.120. The third-order valence-electron chi connectivity index (χ3n) is 3.58. The highest BCUT2D eigenvalue weighted by atomic mass is 16.5. The van der Waals surface area contributed by atoms with Gasteiger partial charge in [-0.05, 0) is 12.5 Å². The maximum absolute atomic E-state index is 12.8. The van der Waals surface area contributed by atoms with Crippen LogP contribution in [0.5, 0.6) is 0 Å². The molecule has 2 aromatic carbocycles. The van der Waals surface area contributed by atoms with Crippen LogP contribution in [0.25, 0.3) is 5.57 Å². The molecule has 1 aliphatic rings. The van der Waals surface area contributed by atoms with Gasteiger partial charge in [-0.3, -0.25) is 4.79 Å². The zero-order chi connectivity index (χ0) is 14.8. The predicted molar refractivity (Wildman–Crippen MR) is 89.2 cm³/mol. The Labute approximate surface area is 131 Å². The number of nitrogens with one attached hydrogen (secondary N) is 1. The van der Waals surface area contributed by atoms with Crippen molar-refractivity contribution < 1.29 is 9.53 Å². The average molecular weight is 295 g/mol. The van der Waals surface area contributed by atoms with Gasteiger partial charge in [0.05, 0.1) is 5.57 Å². The number of benzene rings is 2. The molecule has 1 unspecified atom stereocenters. The number of Topliss-reactive ketones (excluding diaryl/α,β-unsaturated/α-hetero) is 1. The summed E-state index contributed by atoms with van der Waals surface area (Å²) in [5.74, 6) is 0.538. The number of carbonyl (C=O) groups excluding carboxylic acids is 1. The van der Waals surface area contributed by atoms with Gasteiger partial charge in [0.25, 0.3) is 0 Å². The number of ketones is 1. The molecule has 2 aromatic rings. The van der Waals surface area contributed by atoms with Gasteiger partial charge in [0.1, 0.15) is 0 Å². The quantitative estimate of drug-likeness (QED) is 0.934. The largest absolute Gasteiger partial charge is 0.462 e. The van der Waals surface area contributed by atoms with E-state index in [0.717, 1.165) is 16.7 Å². The minimum Gasteiger partial charge on any atom is -0.462 e. The first-order chi connectivity index (χ1) is 10.2. The van der Waals surface area contributed by atoms with E-state index in [1.54, 1.807) is 7.05 Å². The molecule has 0 fully saturated rings. The minimum atomic E-state index is -0.566. The lowest BCUT2D eigenvalue weighted by atomic mass is 9.96. The van der Waals surface area contributed by atoms with E-state index in [9.17, 15) is 4.79 Å². The second kappa shape index (κ2) is 6.48. The van der Waals surface area contributed by atoms with Gasteiger partial charge in [0.15, 0.2) is 12.0 Å². The Hall–Kier alpha value is -2.55. The number of hydrogen-bond acceptors (Lipinski definition) is 3. The van der Waals surface area contributed by atoms with Gasteiger partial charge in [-0.15, -0.1) is 0 Å². The molecule has 3 heteroatoms. The van der Waals surface area contributed by atoms with Crippen molar-refractivity contribution in [2.75, 3.05) is 7.05 Å². The second-order valence-electron chi connectivity index (χ2n) is 5.10. The Balaban J connectivity index is 0.00000176. The molecule has 0 saturated carbocycles. The van der Waals surface area contributed by atoms with Gasteiger partial charge in [-0.1, -0.05) is 67.6 Å². The maximum Gasteiger partial charge on any atom is 0.213 e. The van der Waals surface area contributed by atoms with Crippen molar-refractivity contribution in [3.63, 3.8) is 0 Å². The van der Waals surface area contributed by atoms with Crippen LogP contribution in [0, 0.1) is 6.92 Å². The molecule has 0 bridgehead atoms. The van der Waals surface area contributed by atoms with Crippen LogP contribution >= 0.6 is 0 Å². The topological polar surface area (TPSA) is 38.3 Å². The minimum absolute atomic E-state index is 0. The highest BCUT2D eigenvalue weighted by molar-refractivity contribution is 6.25. The molecular formula is C19H21NO2. The Morgan fingerprint density at radius 2 is 1.77 bits per heavy atom. The van der Waals surface area contributed by atoms with Crippen LogP contribution in [0.4, 0.5) is 0 Å². The van der Waals surface area contributed by atoms with Gasteiger partial charge in [-0.2, -0.15) is 0 Å². The third kappa shape index (κ3) is 2.75. The van der Waals surface area contributed by atoms with Crippen LogP contribution in [0.1, 0.15) is 30.2 Å². The maximum atomic E-state index is 12.8. The average Bonchev–Trinajstić information content (AvgIpc) is 2.85. The van der Waals surface area contributed by atoms with Gasteiger partial charge >= 0.3 is 0 Å². The number of hydrogen-bond donors (Lipinski definition) is 1. The fraction of sp³-hybridized carbons (Fsp3) is 0.211. The molecule has 3 nitrogen and oxygen atoms in total. The van der Waals surface area contributed by atoms with Crippen LogP contribution in [-0.4, -0.2) is 12.8 Å². The van der Waals surface area contributed by atoms with Crippen molar-refractivity contribution in [3.8, 4) is 0 Å². The zero-order valence-electron chi connectivity index (χ0n) is 12.1. The summed E-state index contributed by atoms with van der Waals surface area (Å²) in [6.07, 6.45) is -0.566. The number of rotatable bonds is 3. The Morgan fingerprint density at radius 1 is 1.05 bits per heavy atom. The summed E-state index contributed by atoms with van der Waals surface area (Å²) in [6.45, 7) is 2.01. The molecule has 0 saturated heterocycles. The van der Waals surface area contributed by atoms with E-state index in [1.807, 2.05) is 61.5 Å². The third-order valence-corrected chi connectivity index (χ3v) is 3.58. The molecule has 1 heterocycles. The summed E-state index contributed by atoms with van der Waals surface area (Å²) in [6, 6.07) is 17.5. The summed E-state index contributed by atoms with van der Waals surface area (Å²) < 4.78 is 5.83. The Morgan fingerprint density at radius 3 is 2.41 bits per heavy atom. The Kier molecular flexibility index (Phi) is 4.66. The molecular weight excluding hydrogens is 274 g/mol. The van der Waals surface area contributed by atoms with Crippen molar-refractivity contribution in [1.29, 1.82) is 0 Å². The highest BCUT2D eigenvalue weighted by Crippen LogP contribution is 2.36. The zero-order valence-corrected chi connectivity index (χ0v) is 12.1. The molecule has 1 atom stereocenters. The Bertz CT molecular complexity index is 704. The molecule has 22 heavy (non-hydrogen) atoms. The van der Waals surface area contributed by atoms with Gasteiger partial charge in [0, 0.05) is 12.6 Å². The van der Waals surface area contributed by atoms with E-state index in [4.69, 9.17) is 4.74 Å². The summed E-state index contributed by atoms with van der Waals surface area (Å²) in [7, 11) is 1.77. The van der Waals surface area contributed by atoms with E-state index < -0.39 is 6.10 Å². The standard InChI is InChI=1S/C18H17NO2.CH4/c1-12-7-6-10-14(11-12)15-16(20)17(21-18(15)19-2)13-8-4-3-5-9-13;/h3-11,17,19H,1-2H3;1H4. The molecule has 1 N–H and O–H groups in total. The van der Waals surface area contributed by atoms with Crippen LogP contribution in [0.15, 0.2) is 60.5 Å². The van der Waals surface area contributed by atoms with Crippen molar-refractivity contribution in [1.82, 2.24) is 5.32 Å². The molecule has 1 aliphatic heterocycles. The van der Waals surface area contributed by atoms with E-state index in [2.05, 4.69) is 5.32 Å². The summed E-state index contributed by atoms with van der Waals surface area (Å²) in [4.78, 5) is 12.8. The number of aryl methyl sites for hydroxylation is 1. The predicted octanol–water partition coefficient (Wildman–Crippen LogP) is 3.86. The fourth-order valence-electron chi connectivity index (χ4n) is 2.58. The lowest BCUT2D eigenvalue weighted by Crippen LogP contribution is -2.10. The van der Waals surface area contributed by atoms with E-state index >= 15 is 0 Å². The smallest absolute Gasteiger partial charge is 0.213 e. The van der Waals surface area contributed by atoms with Crippen molar-refractivity contribution >= 4 is 11.4 Å². The van der Waals surface area contributed by atoms with Gasteiger partial charge in [0.2, 0.25) is 5.78 Å². The van der Waals surface area contributed by atoms with E-state index in [0.29, 0.717) is 11.5 Å². The first-order valence-electron chi connectivity index (χ1n) is 6.95. The van der Waals surface area contributed by atoms with Crippen molar-refractivity contribution in [2.45, 2.75) is 20.5 Å². The lowest BCUT2D eigenvalue weighted by Gasteiger charge is -2.11. The first kappa shape index (κ1) is 15.8. The van der Waals surface area contributed by atoms with Crippen LogP contribution in [0.2, 0.25) is 0 Å². The molecule has 0 aliphatic carbocycles. The van der Waals surface area contributed by atoms with Crippen LogP contribution in [0.3, 0.4) is 0 Å². The summed E-state index contributed by atoms with van der Waals surface area (Å²) >= 11 is 0. The van der Waals surface area contributed by atoms with E-state index in [-0.39, 0.29) is 13.2 Å². The van der Waals surface area contributed by atoms with Crippen molar-refractivity contribution in [3.05, 3.63) is 77.2 Å². The van der Waals surface area contributed by atoms with E-state index in [1.165, 1.54) is 0 Å². The fourth-order valence-corrected chi connectivity index (χ4v) is 2.58. The molecule has 0 radical (unpaired) electrons. The number of carbonyl (C=O) groups is 1. The first-order valence-corrected chi connectivity index (χ1v) is 6.95. The SMILES string of the molecule is C.CNC1=C(c2cccc(C)c2)C(=O)C(c2ccccc2)O1. The van der Waals surface area contributed by atoms with Crippen LogP contribution < -0.4 is 5.32 Å². The van der Waals surface area contributed by atoms with Gasteiger partial charge in [-0.25, -0.2) is 0 Å². The van der Waals surface area contributed by atoms with Gasteiger partial charge < -0.3 is 10.1 Å². The second-order valence-corrected chi connectivity index (χ2v) is 5.10. The normalized spacial score (nSPS) is 17.0.